The molecule has 0 radical (unpaired) electrons. The topological polar surface area (TPSA) is 132 Å². The molecule has 0 aliphatic heterocycles. The smallest absolute Gasteiger partial charge is 0.338 e. The number of rotatable bonds is 9. The number of benzene rings is 1. The Kier molecular flexibility index (Phi) is 7.29. The molecule has 166 valence electrons. The Hall–Kier alpha value is -2.41. The lowest BCUT2D eigenvalue weighted by Gasteiger charge is -2.14. The molecule has 1 N–H and O–H groups in total. The van der Waals surface area contributed by atoms with Crippen LogP contribution in [-0.2, 0) is 31.4 Å². The predicted octanol–water partition coefficient (Wildman–Crippen LogP) is 1.58. The van der Waals surface area contributed by atoms with E-state index >= 15 is 0 Å². The van der Waals surface area contributed by atoms with Gasteiger partial charge in [-0.15, -0.1) is 0 Å². The van der Waals surface area contributed by atoms with Gasteiger partial charge in [0.05, 0.1) is 12.7 Å². The van der Waals surface area contributed by atoms with Crippen LogP contribution in [-0.4, -0.2) is 54.4 Å². The molecular formula is C18H24N2O8S2. The Morgan fingerprint density at radius 3 is 2.37 bits per heavy atom. The van der Waals surface area contributed by atoms with E-state index in [4.69, 9.17) is 13.9 Å². The summed E-state index contributed by atoms with van der Waals surface area (Å²) in [5.41, 5.74) is -0.0207. The maximum absolute atomic E-state index is 12.5. The van der Waals surface area contributed by atoms with Gasteiger partial charge in [-0.25, -0.2) is 30.7 Å². The van der Waals surface area contributed by atoms with Gasteiger partial charge in [0.2, 0.25) is 15.1 Å². The van der Waals surface area contributed by atoms with E-state index in [0.717, 1.165) is 10.4 Å². The Bertz CT molecular complexity index is 1120. The van der Waals surface area contributed by atoms with Crippen molar-refractivity contribution in [2.75, 3.05) is 21.2 Å². The Morgan fingerprint density at radius 1 is 1.13 bits per heavy atom. The summed E-state index contributed by atoms with van der Waals surface area (Å²) in [6.45, 7) is 2.99. The number of esters is 1. The van der Waals surface area contributed by atoms with Crippen molar-refractivity contribution in [2.24, 2.45) is 0 Å². The molecular weight excluding hydrogens is 436 g/mol. The molecule has 0 unspecified atom stereocenters. The SMILES string of the molecule is COc1ccc(C(=O)OCc2ccc(S(=O)(=O)N(C)C)o2)cc1S(=O)(=O)NC(C)C. The Morgan fingerprint density at radius 2 is 1.80 bits per heavy atom. The zero-order valence-electron chi connectivity index (χ0n) is 17.2. The molecule has 0 aliphatic carbocycles. The lowest BCUT2D eigenvalue weighted by molar-refractivity contribution is 0.0440. The zero-order valence-corrected chi connectivity index (χ0v) is 18.8. The fourth-order valence-electron chi connectivity index (χ4n) is 2.36. The van der Waals surface area contributed by atoms with Crippen LogP contribution in [0.5, 0.6) is 5.75 Å². The van der Waals surface area contributed by atoms with E-state index in [9.17, 15) is 21.6 Å². The minimum absolute atomic E-state index is 0.0207. The third kappa shape index (κ3) is 5.39. The summed E-state index contributed by atoms with van der Waals surface area (Å²) in [4.78, 5) is 12.2. The molecule has 12 heteroatoms. The van der Waals surface area contributed by atoms with Gasteiger partial charge in [-0.05, 0) is 44.2 Å². The van der Waals surface area contributed by atoms with E-state index < -0.39 is 26.0 Å². The zero-order chi connectivity index (χ0) is 22.7. The quantitative estimate of drug-likeness (QED) is 0.558. The molecule has 0 amide bonds. The second-order valence-electron chi connectivity index (χ2n) is 6.73. The number of furan rings is 1. The van der Waals surface area contributed by atoms with Crippen molar-refractivity contribution < 1.29 is 35.5 Å². The molecule has 0 fully saturated rings. The maximum Gasteiger partial charge on any atom is 0.338 e. The highest BCUT2D eigenvalue weighted by atomic mass is 32.2. The summed E-state index contributed by atoms with van der Waals surface area (Å²) in [5.74, 6) is -0.622. The highest BCUT2D eigenvalue weighted by molar-refractivity contribution is 7.89. The minimum atomic E-state index is -3.92. The fraction of sp³-hybridized carbons (Fsp3) is 0.389. The molecule has 0 saturated carbocycles. The first-order chi connectivity index (χ1) is 13.9. The van der Waals surface area contributed by atoms with Gasteiger partial charge in [-0.2, -0.15) is 0 Å². The van der Waals surface area contributed by atoms with Crippen LogP contribution in [0.4, 0.5) is 0 Å². The normalized spacial score (nSPS) is 12.4. The summed E-state index contributed by atoms with van der Waals surface area (Å²) in [5, 5.41) is -0.281. The molecule has 30 heavy (non-hydrogen) atoms. The van der Waals surface area contributed by atoms with Crippen LogP contribution in [0.1, 0.15) is 30.0 Å². The highest BCUT2D eigenvalue weighted by Gasteiger charge is 2.24. The van der Waals surface area contributed by atoms with Crippen LogP contribution in [0.3, 0.4) is 0 Å². The van der Waals surface area contributed by atoms with Crippen LogP contribution in [0.15, 0.2) is 44.7 Å². The molecule has 1 heterocycles. The van der Waals surface area contributed by atoms with E-state index in [1.54, 1.807) is 13.8 Å². The number of carbonyl (C=O) groups excluding carboxylic acids is 1. The third-order valence-electron chi connectivity index (χ3n) is 3.80. The monoisotopic (exact) mass is 460 g/mol. The molecule has 0 aliphatic rings. The van der Waals surface area contributed by atoms with E-state index in [-0.39, 0.29) is 39.7 Å². The van der Waals surface area contributed by atoms with Crippen molar-refractivity contribution in [2.45, 2.75) is 36.5 Å². The van der Waals surface area contributed by atoms with Gasteiger partial charge >= 0.3 is 5.97 Å². The van der Waals surface area contributed by atoms with Gasteiger partial charge < -0.3 is 13.9 Å². The van der Waals surface area contributed by atoms with Crippen molar-refractivity contribution in [3.8, 4) is 5.75 Å². The predicted molar refractivity (Wildman–Crippen MR) is 107 cm³/mol. The second-order valence-corrected chi connectivity index (χ2v) is 10.5. The maximum atomic E-state index is 12.5. The third-order valence-corrected chi connectivity index (χ3v) is 7.17. The van der Waals surface area contributed by atoms with Gasteiger partial charge in [-0.3, -0.25) is 0 Å². The molecule has 1 aromatic carbocycles. The molecule has 2 rings (SSSR count). The molecule has 0 atom stereocenters. The number of nitrogens with zero attached hydrogens (tertiary/aromatic N) is 1. The average molecular weight is 461 g/mol. The van der Waals surface area contributed by atoms with Gasteiger partial charge in [0.25, 0.3) is 10.0 Å². The van der Waals surface area contributed by atoms with Crippen molar-refractivity contribution in [1.29, 1.82) is 0 Å². The molecule has 10 nitrogen and oxygen atoms in total. The number of ether oxygens (including phenoxy) is 2. The van der Waals surface area contributed by atoms with Gasteiger partial charge in [0, 0.05) is 20.1 Å². The first-order valence-electron chi connectivity index (χ1n) is 8.77. The number of sulfonamides is 2. The Balaban J connectivity index is 2.21. The van der Waals surface area contributed by atoms with Crippen LogP contribution in [0.25, 0.3) is 0 Å². The second kappa shape index (κ2) is 9.16. The average Bonchev–Trinajstić information content (AvgIpc) is 3.14. The number of hydrogen-bond donors (Lipinski definition) is 1. The number of carbonyl (C=O) groups is 1. The van der Waals surface area contributed by atoms with Gasteiger partial charge in [-0.1, -0.05) is 0 Å². The van der Waals surface area contributed by atoms with Gasteiger partial charge in [0.1, 0.15) is 23.0 Å². The lowest BCUT2D eigenvalue weighted by atomic mass is 10.2. The largest absolute Gasteiger partial charge is 0.495 e. The molecule has 0 bridgehead atoms. The van der Waals surface area contributed by atoms with Crippen molar-refractivity contribution >= 4 is 26.0 Å². The lowest BCUT2D eigenvalue weighted by Crippen LogP contribution is -2.30. The number of methoxy groups -OCH3 is 1. The van der Waals surface area contributed by atoms with Crippen LogP contribution >= 0.6 is 0 Å². The minimum Gasteiger partial charge on any atom is -0.495 e. The number of hydrogen-bond acceptors (Lipinski definition) is 8. The van der Waals surface area contributed by atoms with E-state index in [2.05, 4.69) is 4.72 Å². The molecule has 2 aromatic rings. The van der Waals surface area contributed by atoms with E-state index in [0.29, 0.717) is 0 Å². The first kappa shape index (κ1) is 23.9. The van der Waals surface area contributed by atoms with Crippen LogP contribution in [0, 0.1) is 0 Å². The van der Waals surface area contributed by atoms with Crippen molar-refractivity contribution in [3.63, 3.8) is 0 Å². The van der Waals surface area contributed by atoms with E-state index in [1.807, 2.05) is 0 Å². The number of nitrogens with one attached hydrogen (secondary N) is 1. The van der Waals surface area contributed by atoms with Crippen molar-refractivity contribution in [1.82, 2.24) is 9.03 Å². The summed E-state index contributed by atoms with van der Waals surface area (Å²) in [6, 6.07) is 6.13. The van der Waals surface area contributed by atoms with Gasteiger partial charge in [0.15, 0.2) is 0 Å². The molecule has 1 aromatic heterocycles. The Labute approximate surface area is 175 Å². The summed E-state index contributed by atoms with van der Waals surface area (Å²) in [6.07, 6.45) is 0. The summed E-state index contributed by atoms with van der Waals surface area (Å²) >= 11 is 0. The standard InChI is InChI=1S/C18H24N2O8S2/c1-12(2)19-29(22,23)16-10-13(6-8-15(16)26-5)18(21)27-11-14-7-9-17(28-14)30(24,25)20(3)4/h6-10,12,19H,11H2,1-5H3. The van der Waals surface area contributed by atoms with Crippen molar-refractivity contribution in [3.05, 3.63) is 41.7 Å². The summed E-state index contributed by atoms with van der Waals surface area (Å²) in [7, 11) is -3.63. The fourth-order valence-corrected chi connectivity index (χ4v) is 4.62. The van der Waals surface area contributed by atoms with Crippen LogP contribution in [0.2, 0.25) is 0 Å². The molecule has 0 spiro atoms. The first-order valence-corrected chi connectivity index (χ1v) is 11.7. The summed E-state index contributed by atoms with van der Waals surface area (Å²) < 4.78 is 67.9. The van der Waals surface area contributed by atoms with Crippen LogP contribution < -0.4 is 9.46 Å². The molecule has 0 saturated heterocycles. The van der Waals surface area contributed by atoms with E-state index in [1.165, 1.54) is 45.5 Å². The highest BCUT2D eigenvalue weighted by Crippen LogP contribution is 2.26.